The Balaban J connectivity index is 1.73. The number of benzene rings is 2. The van der Waals surface area contributed by atoms with Gasteiger partial charge >= 0.3 is 11.9 Å². The summed E-state index contributed by atoms with van der Waals surface area (Å²) in [7, 11) is 1.32. The van der Waals surface area contributed by atoms with E-state index in [4.69, 9.17) is 14.5 Å². The predicted molar refractivity (Wildman–Crippen MR) is 153 cm³/mol. The first kappa shape index (κ1) is 27.1. The van der Waals surface area contributed by atoms with Crippen molar-refractivity contribution >= 4 is 46.3 Å². The minimum Gasteiger partial charge on any atom is -0.465 e. The number of nitro benzene ring substituents is 1. The summed E-state index contributed by atoms with van der Waals surface area (Å²) < 4.78 is 10.8. The van der Waals surface area contributed by atoms with Crippen molar-refractivity contribution < 1.29 is 24.0 Å². The first-order valence-corrected chi connectivity index (χ1v) is 13.4. The summed E-state index contributed by atoms with van der Waals surface area (Å²) >= 11 is 1.61. The number of hydrogen-bond acceptors (Lipinski definition) is 10. The van der Waals surface area contributed by atoms with E-state index in [1.54, 1.807) is 63.3 Å². The van der Waals surface area contributed by atoms with E-state index >= 15 is 0 Å². The molecule has 3 heterocycles. The number of fused-ring (bicyclic) bond motifs is 3. The monoisotopic (exact) mass is 560 g/mol. The van der Waals surface area contributed by atoms with Crippen LogP contribution in [-0.2, 0) is 20.8 Å². The van der Waals surface area contributed by atoms with E-state index in [9.17, 15) is 19.7 Å². The molecule has 206 valence electrons. The largest absolute Gasteiger partial charge is 0.465 e. The Hall–Kier alpha value is -4.51. The predicted octanol–water partition coefficient (Wildman–Crippen LogP) is 6.00. The average molecular weight is 561 g/mol. The maximum Gasteiger partial charge on any atom is 0.338 e. The quantitative estimate of drug-likeness (QED) is 0.205. The molecule has 2 aliphatic rings. The van der Waals surface area contributed by atoms with Crippen LogP contribution in [0, 0.1) is 10.1 Å². The lowest BCUT2D eigenvalue weighted by Crippen LogP contribution is -2.45. The maximum absolute atomic E-state index is 13.7. The number of nitro groups is 1. The smallest absolute Gasteiger partial charge is 0.338 e. The van der Waals surface area contributed by atoms with Gasteiger partial charge in [0.05, 0.1) is 52.8 Å². The lowest BCUT2D eigenvalue weighted by atomic mass is 9.93. The number of guanidine groups is 1. The van der Waals surface area contributed by atoms with Crippen molar-refractivity contribution in [1.29, 1.82) is 0 Å². The first-order valence-electron chi connectivity index (χ1n) is 12.6. The fourth-order valence-corrected chi connectivity index (χ4v) is 5.53. The number of nitrogens with zero attached hydrogens (tertiary/aromatic N) is 4. The molecule has 0 amide bonds. The second kappa shape index (κ2) is 10.2. The number of rotatable bonds is 6. The second-order valence-electron chi connectivity index (χ2n) is 10.4. The zero-order valence-electron chi connectivity index (χ0n) is 22.7. The third-order valence-corrected chi connectivity index (χ3v) is 7.39. The number of anilines is 2. The topological polar surface area (TPSA) is 115 Å². The van der Waals surface area contributed by atoms with Gasteiger partial charge in [0, 0.05) is 17.0 Å². The van der Waals surface area contributed by atoms with Gasteiger partial charge in [-0.3, -0.25) is 15.0 Å². The lowest BCUT2D eigenvalue weighted by Gasteiger charge is -2.37. The van der Waals surface area contributed by atoms with Crippen molar-refractivity contribution in [3.05, 3.63) is 97.4 Å². The standard InChI is InChI=1S/C29H28N4O6S/c1-17-24(27(35)39-29(2,3)4)25(18-8-11-20(12-9-18)33(36)37)32-23-15-19(26(34)38-5)10-13-22(23)31(28(32)30-17)16-21-7-6-14-40-21/h6-15,25H,16H2,1-5H3. The van der Waals surface area contributed by atoms with E-state index in [0.29, 0.717) is 40.6 Å². The molecule has 0 saturated carbocycles. The van der Waals surface area contributed by atoms with Crippen LogP contribution in [0.4, 0.5) is 17.1 Å². The van der Waals surface area contributed by atoms with Gasteiger partial charge in [-0.25, -0.2) is 14.6 Å². The molecule has 5 rings (SSSR count). The first-order chi connectivity index (χ1) is 19.0. The Labute approximate surface area is 235 Å². The van der Waals surface area contributed by atoms with Crippen LogP contribution in [0.2, 0.25) is 0 Å². The molecule has 0 saturated heterocycles. The summed E-state index contributed by atoms with van der Waals surface area (Å²) in [6.07, 6.45) is 0. The van der Waals surface area contributed by atoms with Gasteiger partial charge in [0.25, 0.3) is 5.69 Å². The zero-order chi connectivity index (χ0) is 28.8. The molecule has 0 radical (unpaired) electrons. The fraction of sp³-hybridized carbons (Fsp3) is 0.276. The molecule has 3 aromatic rings. The van der Waals surface area contributed by atoms with Crippen LogP contribution in [0.3, 0.4) is 0 Å². The van der Waals surface area contributed by atoms with Crippen LogP contribution in [0.25, 0.3) is 0 Å². The molecule has 1 unspecified atom stereocenters. The minimum absolute atomic E-state index is 0.0675. The Kier molecular flexibility index (Phi) is 6.92. The number of non-ortho nitro benzene ring substituents is 1. The number of hydrogen-bond donors (Lipinski definition) is 0. The molecule has 0 N–H and O–H groups in total. The van der Waals surface area contributed by atoms with E-state index in [1.165, 1.54) is 19.2 Å². The minimum atomic E-state index is -0.763. The number of methoxy groups -OCH3 is 1. The van der Waals surface area contributed by atoms with E-state index in [-0.39, 0.29) is 5.69 Å². The molecule has 1 aromatic heterocycles. The van der Waals surface area contributed by atoms with E-state index < -0.39 is 28.5 Å². The van der Waals surface area contributed by atoms with Crippen LogP contribution in [0.15, 0.2) is 76.2 Å². The van der Waals surface area contributed by atoms with Gasteiger partial charge in [-0.05, 0) is 75.0 Å². The van der Waals surface area contributed by atoms with E-state index in [2.05, 4.69) is 0 Å². The van der Waals surface area contributed by atoms with Crippen molar-refractivity contribution in [2.75, 3.05) is 16.9 Å². The highest BCUT2D eigenvalue weighted by molar-refractivity contribution is 7.09. The van der Waals surface area contributed by atoms with Crippen LogP contribution in [0.5, 0.6) is 0 Å². The van der Waals surface area contributed by atoms with Crippen molar-refractivity contribution in [2.24, 2.45) is 4.99 Å². The zero-order valence-corrected chi connectivity index (χ0v) is 23.5. The number of carbonyl (C=O) groups excluding carboxylic acids is 2. The molecule has 0 aliphatic carbocycles. The number of ether oxygens (including phenoxy) is 2. The molecular weight excluding hydrogens is 532 g/mol. The third-order valence-electron chi connectivity index (χ3n) is 6.53. The van der Waals surface area contributed by atoms with Crippen molar-refractivity contribution in [3.63, 3.8) is 0 Å². The SMILES string of the molecule is COC(=O)c1ccc2c(c1)N1C(=NC(C)=C(C(=O)OC(C)(C)C)C1c1ccc([N+](=O)[O-])cc1)N2Cc1cccs1. The van der Waals surface area contributed by atoms with Gasteiger partial charge in [-0.1, -0.05) is 6.07 Å². The Bertz CT molecular complexity index is 1550. The van der Waals surface area contributed by atoms with Gasteiger partial charge < -0.3 is 14.4 Å². The maximum atomic E-state index is 13.7. The van der Waals surface area contributed by atoms with E-state index in [1.807, 2.05) is 33.4 Å². The average Bonchev–Trinajstić information content (AvgIpc) is 3.52. The molecule has 0 bridgehead atoms. The molecule has 2 aliphatic heterocycles. The van der Waals surface area contributed by atoms with Crippen LogP contribution < -0.4 is 9.80 Å². The van der Waals surface area contributed by atoms with Gasteiger partial charge in [0.15, 0.2) is 0 Å². The summed E-state index contributed by atoms with van der Waals surface area (Å²) in [6.45, 7) is 7.63. The molecule has 40 heavy (non-hydrogen) atoms. The molecular formula is C29H28N4O6S. The van der Waals surface area contributed by atoms with Crippen LogP contribution in [-0.4, -0.2) is 35.5 Å². The Morgan fingerprint density at radius 2 is 1.80 bits per heavy atom. The summed E-state index contributed by atoms with van der Waals surface area (Å²) in [6, 6.07) is 14.6. The highest BCUT2D eigenvalue weighted by Gasteiger charge is 2.45. The Morgan fingerprint density at radius 1 is 1.07 bits per heavy atom. The summed E-state index contributed by atoms with van der Waals surface area (Å²) in [5.74, 6) is -0.474. The Morgan fingerprint density at radius 3 is 2.40 bits per heavy atom. The highest BCUT2D eigenvalue weighted by atomic mass is 32.1. The molecule has 10 nitrogen and oxygen atoms in total. The molecule has 1 atom stereocenters. The molecule has 11 heteroatoms. The normalized spacial score (nSPS) is 16.3. The van der Waals surface area contributed by atoms with Crippen LogP contribution >= 0.6 is 11.3 Å². The number of aliphatic imine (C=N–C) groups is 1. The van der Waals surface area contributed by atoms with Gasteiger partial charge in [-0.15, -0.1) is 11.3 Å². The molecule has 0 spiro atoms. The molecule has 0 fully saturated rings. The van der Waals surface area contributed by atoms with E-state index in [0.717, 1.165) is 10.6 Å². The number of allylic oxidation sites excluding steroid dienone is 1. The summed E-state index contributed by atoms with van der Waals surface area (Å²) in [4.78, 5) is 47.0. The number of esters is 2. The number of carbonyl (C=O) groups is 2. The number of thiophene rings is 1. The van der Waals surface area contributed by atoms with Crippen molar-refractivity contribution in [2.45, 2.75) is 45.9 Å². The van der Waals surface area contributed by atoms with Crippen molar-refractivity contribution in [1.82, 2.24) is 0 Å². The summed E-state index contributed by atoms with van der Waals surface area (Å²) in [5.41, 5.74) is 2.36. The third kappa shape index (κ3) is 4.95. The molecule has 2 aromatic carbocycles. The highest BCUT2D eigenvalue weighted by Crippen LogP contribution is 2.49. The van der Waals surface area contributed by atoms with Crippen molar-refractivity contribution in [3.8, 4) is 0 Å². The lowest BCUT2D eigenvalue weighted by molar-refractivity contribution is -0.384. The summed E-state index contributed by atoms with van der Waals surface area (Å²) in [5, 5.41) is 13.4. The van der Waals surface area contributed by atoms with Gasteiger partial charge in [0.1, 0.15) is 5.60 Å². The van der Waals surface area contributed by atoms with Gasteiger partial charge in [-0.2, -0.15) is 0 Å². The fourth-order valence-electron chi connectivity index (χ4n) is 4.84. The van der Waals surface area contributed by atoms with Crippen LogP contribution in [0.1, 0.15) is 54.5 Å². The second-order valence-corrected chi connectivity index (χ2v) is 11.4. The van der Waals surface area contributed by atoms with Gasteiger partial charge in [0.2, 0.25) is 5.96 Å².